The van der Waals surface area contributed by atoms with Crippen LogP contribution >= 0.6 is 0 Å². The molecule has 2 aliphatic carbocycles. The van der Waals surface area contributed by atoms with Crippen LogP contribution in [0.5, 0.6) is 0 Å². The predicted octanol–water partition coefficient (Wildman–Crippen LogP) is 3.44. The summed E-state index contributed by atoms with van der Waals surface area (Å²) in [5.41, 5.74) is 3.82. The molecule has 2 saturated carbocycles. The Morgan fingerprint density at radius 1 is 1.27 bits per heavy atom. The van der Waals surface area contributed by atoms with Crippen molar-refractivity contribution in [1.29, 1.82) is 0 Å². The van der Waals surface area contributed by atoms with Gasteiger partial charge in [-0.2, -0.15) is 10.2 Å². The molecular weight excluding hydrogens is 274 g/mol. The van der Waals surface area contributed by atoms with E-state index >= 15 is 0 Å². The highest BCUT2D eigenvalue weighted by atomic mass is 16.2. The number of aromatic nitrogens is 2. The second-order valence-corrected chi connectivity index (χ2v) is 6.47. The van der Waals surface area contributed by atoms with Gasteiger partial charge in [0, 0.05) is 23.4 Å². The Hall–Kier alpha value is -2.23. The van der Waals surface area contributed by atoms with Crippen LogP contribution in [0.2, 0.25) is 0 Å². The summed E-state index contributed by atoms with van der Waals surface area (Å²) in [5.74, 6) is 1.87. The van der Waals surface area contributed by atoms with Crippen molar-refractivity contribution in [2.75, 3.05) is 5.32 Å². The lowest BCUT2D eigenvalue weighted by Crippen LogP contribution is -2.15. The van der Waals surface area contributed by atoms with Crippen molar-refractivity contribution in [3.05, 3.63) is 42.1 Å². The molecule has 1 heterocycles. The maximum absolute atomic E-state index is 12.3. The smallest absolute Gasteiger partial charge is 0.227 e. The van der Waals surface area contributed by atoms with E-state index in [1.807, 2.05) is 37.3 Å². The van der Waals surface area contributed by atoms with E-state index < -0.39 is 0 Å². The van der Waals surface area contributed by atoms with Crippen LogP contribution < -0.4 is 5.32 Å². The molecule has 1 N–H and O–H groups in total. The lowest BCUT2D eigenvalue weighted by Gasteiger charge is -2.09. The highest BCUT2D eigenvalue weighted by Gasteiger charge is 2.51. The Kier molecular flexibility index (Phi) is 3.17. The molecule has 22 heavy (non-hydrogen) atoms. The van der Waals surface area contributed by atoms with Gasteiger partial charge in [-0.15, -0.1) is 0 Å². The van der Waals surface area contributed by atoms with E-state index in [2.05, 4.69) is 15.5 Å². The molecule has 4 heteroatoms. The van der Waals surface area contributed by atoms with Crippen LogP contribution in [0.1, 0.15) is 24.8 Å². The molecule has 4 rings (SSSR count). The Balaban J connectivity index is 1.52. The maximum atomic E-state index is 12.3. The molecule has 2 atom stereocenters. The van der Waals surface area contributed by atoms with Crippen molar-refractivity contribution in [2.45, 2.75) is 26.2 Å². The highest BCUT2D eigenvalue weighted by Crippen LogP contribution is 2.54. The standard InChI is InChI=1S/C18H19N3O/c1-11-4-7-13(9-14(11)17-3-2-8-19-21-17)20-18(22)16-10-15(16)12-5-6-12/h2-4,7-9,12,15-16H,5-6,10H2,1H3,(H,20,22). The number of hydrogen-bond donors (Lipinski definition) is 1. The van der Waals surface area contributed by atoms with Crippen LogP contribution in [-0.4, -0.2) is 16.1 Å². The van der Waals surface area contributed by atoms with Crippen molar-refractivity contribution < 1.29 is 4.79 Å². The summed E-state index contributed by atoms with van der Waals surface area (Å²) in [4.78, 5) is 12.3. The van der Waals surface area contributed by atoms with Crippen molar-refractivity contribution in [3.8, 4) is 11.3 Å². The molecule has 0 spiro atoms. The molecule has 4 nitrogen and oxygen atoms in total. The van der Waals surface area contributed by atoms with Gasteiger partial charge in [-0.1, -0.05) is 6.07 Å². The summed E-state index contributed by atoms with van der Waals surface area (Å²) < 4.78 is 0. The Morgan fingerprint density at radius 2 is 2.14 bits per heavy atom. The first kappa shape index (κ1) is 13.4. The minimum Gasteiger partial charge on any atom is -0.326 e. The molecule has 1 aromatic heterocycles. The molecule has 2 aliphatic rings. The van der Waals surface area contributed by atoms with Crippen LogP contribution in [0.4, 0.5) is 5.69 Å². The zero-order valence-electron chi connectivity index (χ0n) is 12.6. The summed E-state index contributed by atoms with van der Waals surface area (Å²) in [6.45, 7) is 2.04. The first-order valence-corrected chi connectivity index (χ1v) is 7.92. The summed E-state index contributed by atoms with van der Waals surface area (Å²) >= 11 is 0. The molecule has 2 fully saturated rings. The number of nitrogens with zero attached hydrogens (tertiary/aromatic N) is 2. The lowest BCUT2D eigenvalue weighted by molar-refractivity contribution is -0.117. The first-order valence-electron chi connectivity index (χ1n) is 7.92. The van der Waals surface area contributed by atoms with Crippen LogP contribution in [0.25, 0.3) is 11.3 Å². The number of nitrogens with one attached hydrogen (secondary N) is 1. The second kappa shape index (κ2) is 5.20. The molecule has 2 unspecified atom stereocenters. The number of carbonyl (C=O) groups is 1. The fourth-order valence-corrected chi connectivity index (χ4v) is 3.22. The summed E-state index contributed by atoms with van der Waals surface area (Å²) in [6, 6.07) is 9.78. The number of amides is 1. The van der Waals surface area contributed by atoms with Crippen molar-refractivity contribution in [1.82, 2.24) is 10.2 Å². The predicted molar refractivity (Wildman–Crippen MR) is 85.2 cm³/mol. The van der Waals surface area contributed by atoms with Crippen molar-refractivity contribution in [3.63, 3.8) is 0 Å². The number of carbonyl (C=O) groups excluding carboxylic acids is 1. The van der Waals surface area contributed by atoms with Crippen molar-refractivity contribution in [2.24, 2.45) is 17.8 Å². The lowest BCUT2D eigenvalue weighted by atomic mass is 10.0. The molecule has 2 aromatic rings. The molecule has 112 valence electrons. The van der Waals surface area contributed by atoms with Crippen LogP contribution in [0.15, 0.2) is 36.5 Å². The topological polar surface area (TPSA) is 54.9 Å². The molecule has 1 aromatic carbocycles. The average molecular weight is 293 g/mol. The van der Waals surface area contributed by atoms with E-state index in [0.29, 0.717) is 5.92 Å². The summed E-state index contributed by atoms with van der Waals surface area (Å²) in [6.07, 6.45) is 5.36. The van der Waals surface area contributed by atoms with Crippen LogP contribution in [0.3, 0.4) is 0 Å². The quantitative estimate of drug-likeness (QED) is 0.939. The Bertz CT molecular complexity index is 710. The highest BCUT2D eigenvalue weighted by molar-refractivity contribution is 5.95. The van der Waals surface area contributed by atoms with E-state index in [4.69, 9.17) is 0 Å². The second-order valence-electron chi connectivity index (χ2n) is 6.47. The van der Waals surface area contributed by atoms with Gasteiger partial charge >= 0.3 is 0 Å². The molecule has 1 amide bonds. The van der Waals surface area contributed by atoms with Crippen LogP contribution in [-0.2, 0) is 4.79 Å². The van der Waals surface area contributed by atoms with E-state index in [1.54, 1.807) is 6.20 Å². The fourth-order valence-electron chi connectivity index (χ4n) is 3.22. The Morgan fingerprint density at radius 3 is 2.86 bits per heavy atom. The molecular formula is C18H19N3O. The third-order valence-electron chi connectivity index (χ3n) is 4.76. The zero-order chi connectivity index (χ0) is 15.1. The van der Waals surface area contributed by atoms with E-state index in [-0.39, 0.29) is 11.8 Å². The van der Waals surface area contributed by atoms with E-state index in [0.717, 1.165) is 34.8 Å². The first-order chi connectivity index (χ1) is 10.7. The minimum atomic E-state index is 0.172. The van der Waals surface area contributed by atoms with E-state index in [9.17, 15) is 4.79 Å². The van der Waals surface area contributed by atoms with Crippen molar-refractivity contribution >= 4 is 11.6 Å². The number of anilines is 1. The fraction of sp³-hybridized carbons (Fsp3) is 0.389. The third-order valence-corrected chi connectivity index (χ3v) is 4.76. The minimum absolute atomic E-state index is 0.172. The number of aryl methyl sites for hydroxylation is 1. The number of hydrogen-bond acceptors (Lipinski definition) is 3. The van der Waals surface area contributed by atoms with Gasteiger partial charge in [-0.05, 0) is 67.9 Å². The molecule has 0 bridgehead atoms. The number of benzene rings is 1. The average Bonchev–Trinajstić information content (AvgIpc) is 3.40. The largest absolute Gasteiger partial charge is 0.326 e. The van der Waals surface area contributed by atoms with Gasteiger partial charge in [0.1, 0.15) is 0 Å². The van der Waals surface area contributed by atoms with Gasteiger partial charge in [-0.3, -0.25) is 4.79 Å². The maximum Gasteiger partial charge on any atom is 0.227 e. The van der Waals surface area contributed by atoms with Gasteiger partial charge in [0.15, 0.2) is 0 Å². The van der Waals surface area contributed by atoms with Crippen LogP contribution in [0, 0.1) is 24.7 Å². The molecule has 0 saturated heterocycles. The normalized spacial score (nSPS) is 23.1. The summed E-state index contributed by atoms with van der Waals surface area (Å²) in [7, 11) is 0. The number of rotatable bonds is 4. The van der Waals surface area contributed by atoms with Gasteiger partial charge in [0.25, 0.3) is 0 Å². The summed E-state index contributed by atoms with van der Waals surface area (Å²) in [5, 5.41) is 11.2. The zero-order valence-corrected chi connectivity index (χ0v) is 12.6. The molecule has 0 radical (unpaired) electrons. The molecule has 0 aliphatic heterocycles. The Labute approximate surface area is 130 Å². The van der Waals surface area contributed by atoms with E-state index in [1.165, 1.54) is 12.8 Å². The van der Waals surface area contributed by atoms with Gasteiger partial charge < -0.3 is 5.32 Å². The van der Waals surface area contributed by atoms with Gasteiger partial charge in [0.05, 0.1) is 5.69 Å². The monoisotopic (exact) mass is 293 g/mol. The third kappa shape index (κ3) is 2.61. The van der Waals surface area contributed by atoms with Gasteiger partial charge in [-0.25, -0.2) is 0 Å². The SMILES string of the molecule is Cc1ccc(NC(=O)C2CC2C2CC2)cc1-c1cccnn1. The van der Waals surface area contributed by atoms with Gasteiger partial charge in [0.2, 0.25) is 5.91 Å².